The van der Waals surface area contributed by atoms with Crippen molar-refractivity contribution in [3.8, 4) is 22.9 Å². The maximum absolute atomic E-state index is 12.9. The molecule has 1 fully saturated rings. The lowest BCUT2D eigenvalue weighted by Crippen LogP contribution is -2.16. The highest BCUT2D eigenvalue weighted by atomic mass is 35.5. The lowest BCUT2D eigenvalue weighted by molar-refractivity contribution is 0.102. The van der Waals surface area contributed by atoms with E-state index in [0.29, 0.717) is 41.3 Å². The van der Waals surface area contributed by atoms with Crippen molar-refractivity contribution in [1.82, 2.24) is 14.8 Å². The van der Waals surface area contributed by atoms with Crippen LogP contribution in [0.4, 0.5) is 0 Å². The second-order valence-electron chi connectivity index (χ2n) is 7.66. The van der Waals surface area contributed by atoms with Crippen molar-refractivity contribution in [3.63, 3.8) is 0 Å². The van der Waals surface area contributed by atoms with Gasteiger partial charge in [0.15, 0.2) is 28.3 Å². The first-order valence-corrected chi connectivity index (χ1v) is 11.8. The molecule has 5 rings (SSSR count). The molecule has 160 valence electrons. The molecule has 1 aliphatic heterocycles. The van der Waals surface area contributed by atoms with Crippen LogP contribution in [0.15, 0.2) is 47.6 Å². The van der Waals surface area contributed by atoms with Crippen molar-refractivity contribution in [2.75, 3.05) is 19.0 Å². The summed E-state index contributed by atoms with van der Waals surface area (Å²) in [6.07, 6.45) is 4.54. The van der Waals surface area contributed by atoms with Crippen molar-refractivity contribution in [2.45, 2.75) is 36.9 Å². The highest BCUT2D eigenvalue weighted by Gasteiger charge is 2.26. The number of carbonyl (C=O) groups excluding carboxylic acids is 1. The molecule has 3 aromatic rings. The summed E-state index contributed by atoms with van der Waals surface area (Å²) in [6.45, 7) is 1.02. The van der Waals surface area contributed by atoms with Crippen LogP contribution in [0, 0.1) is 0 Å². The Balaban J connectivity index is 1.39. The van der Waals surface area contributed by atoms with Crippen molar-refractivity contribution < 1.29 is 14.3 Å². The summed E-state index contributed by atoms with van der Waals surface area (Å²) in [5, 5.41) is 10.3. The molecule has 0 atom stereocenters. The summed E-state index contributed by atoms with van der Waals surface area (Å²) in [6, 6.07) is 13.4. The third-order valence-electron chi connectivity index (χ3n) is 5.67. The number of rotatable bonds is 6. The van der Waals surface area contributed by atoms with Gasteiger partial charge in [0.2, 0.25) is 0 Å². The first-order valence-electron chi connectivity index (χ1n) is 10.5. The number of thioether (sulfide) groups is 1. The molecule has 0 amide bonds. The highest BCUT2D eigenvalue weighted by Crippen LogP contribution is 2.38. The van der Waals surface area contributed by atoms with E-state index in [-0.39, 0.29) is 11.5 Å². The summed E-state index contributed by atoms with van der Waals surface area (Å²) in [5.41, 5.74) is 1.48. The zero-order chi connectivity index (χ0) is 21.2. The van der Waals surface area contributed by atoms with Gasteiger partial charge in [0.25, 0.3) is 0 Å². The molecule has 1 aliphatic carbocycles. The van der Waals surface area contributed by atoms with Gasteiger partial charge < -0.3 is 9.47 Å². The molecule has 0 N–H and O–H groups in total. The van der Waals surface area contributed by atoms with Crippen LogP contribution < -0.4 is 9.47 Å². The quantitative estimate of drug-likeness (QED) is 0.363. The minimum absolute atomic E-state index is 0.0160. The molecule has 0 bridgehead atoms. The van der Waals surface area contributed by atoms with E-state index in [0.717, 1.165) is 29.4 Å². The summed E-state index contributed by atoms with van der Waals surface area (Å²) >= 11 is 7.87. The predicted molar refractivity (Wildman–Crippen MR) is 120 cm³/mol. The van der Waals surface area contributed by atoms with E-state index in [2.05, 4.69) is 14.8 Å². The first kappa shape index (κ1) is 20.4. The van der Waals surface area contributed by atoms with Crippen LogP contribution in [0.25, 0.3) is 11.4 Å². The SMILES string of the molecule is O=C(CSc1nnc(-c2ccccc2Cl)n1C1CCCC1)c1ccc2c(c1)OCCO2. The fourth-order valence-corrected chi connectivity index (χ4v) is 5.24. The Hall–Kier alpha value is -2.51. The number of halogens is 1. The average molecular weight is 456 g/mol. The number of ketones is 1. The number of fused-ring (bicyclic) bond motifs is 1. The lowest BCUT2D eigenvalue weighted by atomic mass is 10.1. The Morgan fingerprint density at radius 2 is 1.84 bits per heavy atom. The second kappa shape index (κ2) is 8.93. The highest BCUT2D eigenvalue weighted by molar-refractivity contribution is 7.99. The van der Waals surface area contributed by atoms with Gasteiger partial charge in [-0.1, -0.05) is 48.3 Å². The molecule has 2 heterocycles. The van der Waals surface area contributed by atoms with Gasteiger partial charge in [-0.3, -0.25) is 9.36 Å². The van der Waals surface area contributed by atoms with E-state index in [1.54, 1.807) is 18.2 Å². The van der Waals surface area contributed by atoms with Crippen molar-refractivity contribution in [1.29, 1.82) is 0 Å². The number of hydrogen-bond acceptors (Lipinski definition) is 6. The summed E-state index contributed by atoms with van der Waals surface area (Å²) in [7, 11) is 0. The third kappa shape index (κ3) is 4.16. The van der Waals surface area contributed by atoms with Gasteiger partial charge in [-0.05, 0) is 43.2 Å². The van der Waals surface area contributed by atoms with Crippen LogP contribution in [0.2, 0.25) is 5.02 Å². The minimum atomic E-state index is 0.0160. The van der Waals surface area contributed by atoms with Gasteiger partial charge >= 0.3 is 0 Å². The fourth-order valence-electron chi connectivity index (χ4n) is 4.12. The molecule has 0 unspecified atom stereocenters. The Labute approximate surface area is 189 Å². The Morgan fingerprint density at radius 1 is 1.06 bits per heavy atom. The zero-order valence-corrected chi connectivity index (χ0v) is 18.5. The van der Waals surface area contributed by atoms with Crippen LogP contribution in [-0.2, 0) is 0 Å². The topological polar surface area (TPSA) is 66.2 Å². The van der Waals surface area contributed by atoms with Crippen molar-refractivity contribution in [3.05, 3.63) is 53.1 Å². The summed E-state index contributed by atoms with van der Waals surface area (Å²) in [5.74, 6) is 2.36. The van der Waals surface area contributed by atoms with Crippen LogP contribution >= 0.6 is 23.4 Å². The van der Waals surface area contributed by atoms with E-state index >= 15 is 0 Å². The number of aromatic nitrogens is 3. The normalized spacial score (nSPS) is 15.9. The fraction of sp³-hybridized carbons (Fsp3) is 0.348. The van der Waals surface area contributed by atoms with Gasteiger partial charge in [-0.25, -0.2) is 0 Å². The number of carbonyl (C=O) groups is 1. The maximum Gasteiger partial charge on any atom is 0.192 e. The minimum Gasteiger partial charge on any atom is -0.486 e. The lowest BCUT2D eigenvalue weighted by Gasteiger charge is -2.19. The summed E-state index contributed by atoms with van der Waals surface area (Å²) < 4.78 is 13.3. The number of nitrogens with zero attached hydrogens (tertiary/aromatic N) is 3. The van der Waals surface area contributed by atoms with Gasteiger partial charge in [0.1, 0.15) is 13.2 Å². The molecule has 8 heteroatoms. The van der Waals surface area contributed by atoms with Gasteiger partial charge in [-0.2, -0.15) is 0 Å². The molecule has 0 saturated heterocycles. The smallest absolute Gasteiger partial charge is 0.192 e. The Kier molecular flexibility index (Phi) is 5.87. The van der Waals surface area contributed by atoms with Crippen LogP contribution in [-0.4, -0.2) is 39.5 Å². The van der Waals surface area contributed by atoms with E-state index in [1.165, 1.54) is 24.6 Å². The van der Waals surface area contributed by atoms with Crippen molar-refractivity contribution in [2.24, 2.45) is 0 Å². The zero-order valence-electron chi connectivity index (χ0n) is 16.9. The molecule has 0 radical (unpaired) electrons. The molecule has 1 saturated carbocycles. The molecular weight excluding hydrogens is 434 g/mol. The van der Waals surface area contributed by atoms with E-state index in [9.17, 15) is 4.79 Å². The Morgan fingerprint density at radius 3 is 2.65 bits per heavy atom. The van der Waals surface area contributed by atoms with E-state index in [4.69, 9.17) is 21.1 Å². The molecule has 2 aromatic carbocycles. The molecule has 0 spiro atoms. The standard InChI is InChI=1S/C23H22ClN3O3S/c24-18-8-4-3-7-17(18)22-25-26-23(27(22)16-5-1-2-6-16)31-14-19(28)15-9-10-20-21(13-15)30-12-11-29-20/h3-4,7-10,13,16H,1-2,5-6,11-12,14H2. The maximum atomic E-state index is 12.9. The van der Waals surface area contributed by atoms with Crippen LogP contribution in [0.3, 0.4) is 0 Å². The third-order valence-corrected chi connectivity index (χ3v) is 6.94. The first-order chi connectivity index (χ1) is 15.2. The van der Waals surface area contributed by atoms with Gasteiger partial charge in [-0.15, -0.1) is 10.2 Å². The number of benzene rings is 2. The van der Waals surface area contributed by atoms with Crippen LogP contribution in [0.1, 0.15) is 42.1 Å². The summed E-state index contributed by atoms with van der Waals surface area (Å²) in [4.78, 5) is 12.9. The number of Topliss-reactive ketones (excluding diaryl/α,β-unsaturated/α-hetero) is 1. The second-order valence-corrected chi connectivity index (χ2v) is 9.01. The van der Waals surface area contributed by atoms with Crippen LogP contribution in [0.5, 0.6) is 11.5 Å². The number of hydrogen-bond donors (Lipinski definition) is 0. The molecular formula is C23H22ClN3O3S. The van der Waals surface area contributed by atoms with E-state index in [1.807, 2.05) is 24.3 Å². The molecule has 31 heavy (non-hydrogen) atoms. The monoisotopic (exact) mass is 455 g/mol. The average Bonchev–Trinajstić information content (AvgIpc) is 3.47. The van der Waals surface area contributed by atoms with Crippen molar-refractivity contribution >= 4 is 29.1 Å². The molecule has 2 aliphatic rings. The molecule has 1 aromatic heterocycles. The predicted octanol–water partition coefficient (Wildman–Crippen LogP) is 5.46. The molecule has 6 nitrogen and oxygen atoms in total. The Bertz CT molecular complexity index is 1110. The number of ether oxygens (including phenoxy) is 2. The largest absolute Gasteiger partial charge is 0.486 e. The van der Waals surface area contributed by atoms with E-state index < -0.39 is 0 Å². The van der Waals surface area contributed by atoms with Gasteiger partial charge in [0.05, 0.1) is 10.8 Å². The van der Waals surface area contributed by atoms with Gasteiger partial charge in [0, 0.05) is 17.2 Å².